The molecule has 0 saturated heterocycles. The fourth-order valence-electron chi connectivity index (χ4n) is 4.01. The average molecular weight is 345 g/mol. The second kappa shape index (κ2) is 14.4. The van der Waals surface area contributed by atoms with Crippen molar-refractivity contribution < 1.29 is 0 Å². The van der Waals surface area contributed by atoms with Gasteiger partial charge in [-0.25, -0.2) is 0 Å². The third-order valence-electron chi connectivity index (χ3n) is 5.81. The molecule has 0 saturated carbocycles. The minimum atomic E-state index is 0.710. The number of benzene rings is 1. The number of hydrogen-bond acceptors (Lipinski definition) is 0. The molecule has 0 amide bonds. The molecule has 1 rings (SSSR count). The molecule has 0 aliphatic heterocycles. The zero-order valence-electron chi connectivity index (χ0n) is 17.7. The van der Waals surface area contributed by atoms with Gasteiger partial charge in [-0.05, 0) is 30.7 Å². The Morgan fingerprint density at radius 2 is 1.24 bits per heavy atom. The van der Waals surface area contributed by atoms with Crippen molar-refractivity contribution >= 4 is 0 Å². The second-order valence-electron chi connectivity index (χ2n) is 8.31. The molecular weight excluding hydrogens is 300 g/mol. The molecule has 2 atom stereocenters. The van der Waals surface area contributed by atoms with Crippen molar-refractivity contribution in [1.82, 2.24) is 0 Å². The molecule has 0 bridgehead atoms. The van der Waals surface area contributed by atoms with Crippen LogP contribution in [0.4, 0.5) is 0 Å². The number of unbranched alkanes of at least 4 members (excludes halogenated alkanes) is 6. The van der Waals surface area contributed by atoms with E-state index in [4.69, 9.17) is 0 Å². The third-order valence-corrected chi connectivity index (χ3v) is 5.81. The molecule has 0 nitrogen and oxygen atoms in total. The largest absolute Gasteiger partial charge is 0.0654 e. The topological polar surface area (TPSA) is 0 Å². The monoisotopic (exact) mass is 344 g/mol. The molecule has 0 heteroatoms. The second-order valence-corrected chi connectivity index (χ2v) is 8.31. The zero-order chi connectivity index (χ0) is 18.3. The lowest BCUT2D eigenvalue weighted by atomic mass is 9.88. The average Bonchev–Trinajstić information content (AvgIpc) is 2.61. The molecule has 0 aromatic heterocycles. The van der Waals surface area contributed by atoms with Gasteiger partial charge in [-0.2, -0.15) is 0 Å². The van der Waals surface area contributed by atoms with E-state index in [0.29, 0.717) is 5.92 Å². The Morgan fingerprint density at radius 1 is 0.640 bits per heavy atom. The molecule has 0 radical (unpaired) electrons. The van der Waals surface area contributed by atoms with Crippen LogP contribution in [-0.2, 0) is 0 Å². The summed E-state index contributed by atoms with van der Waals surface area (Å²) in [5, 5.41) is 0. The summed E-state index contributed by atoms with van der Waals surface area (Å²) in [6, 6.07) is 9.16. The standard InChI is InChI=1S/C25H44/c1-5-7-8-9-10-11-12-16-24(14-6-2)17-13-15-23(4)25-20-18-22(3)19-21-25/h18-21,23-24H,5-17H2,1-4H3. The van der Waals surface area contributed by atoms with E-state index in [0.717, 1.165) is 5.92 Å². The Balaban J connectivity index is 2.18. The Hall–Kier alpha value is -0.780. The van der Waals surface area contributed by atoms with Gasteiger partial charge in [0.15, 0.2) is 0 Å². The molecular formula is C25H44. The SMILES string of the molecule is CCCCCCCCCC(CCC)CCCC(C)c1ccc(C)cc1. The normalized spacial score (nSPS) is 13.8. The minimum Gasteiger partial charge on any atom is -0.0654 e. The summed E-state index contributed by atoms with van der Waals surface area (Å²) >= 11 is 0. The van der Waals surface area contributed by atoms with Crippen LogP contribution in [-0.4, -0.2) is 0 Å². The highest BCUT2D eigenvalue weighted by Crippen LogP contribution is 2.27. The fourth-order valence-corrected chi connectivity index (χ4v) is 4.01. The molecule has 0 N–H and O–H groups in total. The van der Waals surface area contributed by atoms with Gasteiger partial charge in [-0.15, -0.1) is 0 Å². The summed E-state index contributed by atoms with van der Waals surface area (Å²) in [7, 11) is 0. The van der Waals surface area contributed by atoms with Crippen LogP contribution in [0.3, 0.4) is 0 Å². The maximum Gasteiger partial charge on any atom is -0.0190 e. The Bertz CT molecular complexity index is 403. The van der Waals surface area contributed by atoms with Crippen molar-refractivity contribution in [2.24, 2.45) is 5.92 Å². The van der Waals surface area contributed by atoms with Crippen molar-refractivity contribution in [3.8, 4) is 0 Å². The van der Waals surface area contributed by atoms with E-state index in [1.54, 1.807) is 0 Å². The summed E-state index contributed by atoms with van der Waals surface area (Å²) in [4.78, 5) is 0. The maximum atomic E-state index is 2.40. The lowest BCUT2D eigenvalue weighted by Gasteiger charge is -2.18. The molecule has 0 aliphatic carbocycles. The lowest BCUT2D eigenvalue weighted by molar-refractivity contribution is 0.375. The summed E-state index contributed by atoms with van der Waals surface area (Å²) < 4.78 is 0. The minimum absolute atomic E-state index is 0.710. The molecule has 25 heavy (non-hydrogen) atoms. The van der Waals surface area contributed by atoms with Crippen LogP contribution in [0.15, 0.2) is 24.3 Å². The first-order valence-corrected chi connectivity index (χ1v) is 11.2. The van der Waals surface area contributed by atoms with Crippen molar-refractivity contribution in [2.75, 3.05) is 0 Å². The van der Waals surface area contributed by atoms with Crippen LogP contribution in [0.25, 0.3) is 0 Å². The van der Waals surface area contributed by atoms with Crippen molar-refractivity contribution in [3.05, 3.63) is 35.4 Å². The van der Waals surface area contributed by atoms with Crippen LogP contribution in [0.5, 0.6) is 0 Å². The number of rotatable bonds is 15. The van der Waals surface area contributed by atoms with Crippen LogP contribution < -0.4 is 0 Å². The molecule has 0 heterocycles. The quantitative estimate of drug-likeness (QED) is 0.279. The molecule has 0 aliphatic rings. The van der Waals surface area contributed by atoms with Crippen LogP contribution in [0.1, 0.15) is 121 Å². The van der Waals surface area contributed by atoms with E-state index in [2.05, 4.69) is 52.0 Å². The Kier molecular flexibility index (Phi) is 12.8. The van der Waals surface area contributed by atoms with E-state index < -0.39 is 0 Å². The van der Waals surface area contributed by atoms with Crippen molar-refractivity contribution in [1.29, 1.82) is 0 Å². The molecule has 1 aromatic rings. The van der Waals surface area contributed by atoms with E-state index in [1.165, 1.54) is 94.6 Å². The first-order chi connectivity index (χ1) is 12.2. The fraction of sp³-hybridized carbons (Fsp3) is 0.760. The van der Waals surface area contributed by atoms with E-state index in [9.17, 15) is 0 Å². The van der Waals surface area contributed by atoms with Gasteiger partial charge in [0.05, 0.1) is 0 Å². The maximum absolute atomic E-state index is 2.40. The Morgan fingerprint density at radius 3 is 1.88 bits per heavy atom. The smallest absolute Gasteiger partial charge is 0.0190 e. The van der Waals surface area contributed by atoms with E-state index in [-0.39, 0.29) is 0 Å². The van der Waals surface area contributed by atoms with Crippen molar-refractivity contribution in [2.45, 2.75) is 117 Å². The van der Waals surface area contributed by atoms with Gasteiger partial charge in [0, 0.05) is 0 Å². The van der Waals surface area contributed by atoms with E-state index in [1.807, 2.05) is 0 Å². The summed E-state index contributed by atoms with van der Waals surface area (Å²) in [5.41, 5.74) is 2.89. The molecule has 144 valence electrons. The zero-order valence-corrected chi connectivity index (χ0v) is 17.7. The van der Waals surface area contributed by atoms with E-state index >= 15 is 0 Å². The van der Waals surface area contributed by atoms with Crippen molar-refractivity contribution in [3.63, 3.8) is 0 Å². The first-order valence-electron chi connectivity index (χ1n) is 11.2. The highest BCUT2D eigenvalue weighted by atomic mass is 14.2. The van der Waals surface area contributed by atoms with Gasteiger partial charge in [0.1, 0.15) is 0 Å². The highest BCUT2D eigenvalue weighted by molar-refractivity contribution is 5.23. The molecule has 0 spiro atoms. The summed E-state index contributed by atoms with van der Waals surface area (Å²) in [6.45, 7) is 9.23. The molecule has 0 fully saturated rings. The number of hydrogen-bond donors (Lipinski definition) is 0. The van der Waals surface area contributed by atoms with Crippen LogP contribution >= 0.6 is 0 Å². The molecule has 2 unspecified atom stereocenters. The van der Waals surface area contributed by atoms with Gasteiger partial charge in [0.2, 0.25) is 0 Å². The van der Waals surface area contributed by atoms with Crippen LogP contribution in [0, 0.1) is 12.8 Å². The lowest BCUT2D eigenvalue weighted by Crippen LogP contribution is -2.02. The number of aryl methyl sites for hydroxylation is 1. The van der Waals surface area contributed by atoms with Gasteiger partial charge in [0.25, 0.3) is 0 Å². The van der Waals surface area contributed by atoms with Gasteiger partial charge in [-0.1, -0.05) is 128 Å². The highest BCUT2D eigenvalue weighted by Gasteiger charge is 2.10. The molecule has 1 aromatic carbocycles. The predicted molar refractivity (Wildman–Crippen MR) is 114 cm³/mol. The summed E-state index contributed by atoms with van der Waals surface area (Å²) in [5.74, 6) is 1.69. The first kappa shape index (κ1) is 22.3. The Labute approximate surface area is 158 Å². The van der Waals surface area contributed by atoms with Crippen LogP contribution in [0.2, 0.25) is 0 Å². The third kappa shape index (κ3) is 10.7. The summed E-state index contributed by atoms with van der Waals surface area (Å²) in [6.07, 6.45) is 18.5. The van der Waals surface area contributed by atoms with Gasteiger partial charge >= 0.3 is 0 Å². The van der Waals surface area contributed by atoms with Gasteiger partial charge in [-0.3, -0.25) is 0 Å². The van der Waals surface area contributed by atoms with Gasteiger partial charge < -0.3 is 0 Å². The predicted octanol–water partition coefficient (Wildman–Crippen LogP) is 8.83.